The van der Waals surface area contributed by atoms with Crippen LogP contribution in [0.1, 0.15) is 36.1 Å². The lowest BCUT2D eigenvalue weighted by atomic mass is 10.1. The standard InChI is InChI=1S/C27H27NO5S/c1-2-7-19-10-15-23(33-22-8-4-3-5-9-22)18-24(19)32-17-6-16-31-21-13-11-20(12-14-21)25-26(29)28-27(30)34-25/h3-5,8-15,18,25H,2,6-7,16-17H2,1H3,(H,28,29,30). The Kier molecular flexibility index (Phi) is 8.09. The van der Waals surface area contributed by atoms with Crippen molar-refractivity contribution < 1.29 is 23.8 Å². The van der Waals surface area contributed by atoms with Gasteiger partial charge in [-0.15, -0.1) is 0 Å². The van der Waals surface area contributed by atoms with Gasteiger partial charge in [-0.2, -0.15) is 0 Å². The van der Waals surface area contributed by atoms with Crippen LogP contribution in [0, 0.1) is 0 Å². The van der Waals surface area contributed by atoms with E-state index in [1.165, 1.54) is 0 Å². The maximum absolute atomic E-state index is 11.8. The number of carbonyl (C=O) groups excluding carboxylic acids is 2. The van der Waals surface area contributed by atoms with Crippen LogP contribution in [0.2, 0.25) is 0 Å². The first kappa shape index (κ1) is 23.7. The Balaban J connectivity index is 1.27. The third-order valence-electron chi connectivity index (χ3n) is 5.22. The molecule has 1 heterocycles. The molecule has 7 heteroatoms. The van der Waals surface area contributed by atoms with Crippen molar-refractivity contribution in [1.29, 1.82) is 0 Å². The van der Waals surface area contributed by atoms with Gasteiger partial charge in [-0.05, 0) is 59.6 Å². The van der Waals surface area contributed by atoms with Crippen molar-refractivity contribution in [2.45, 2.75) is 31.4 Å². The van der Waals surface area contributed by atoms with Gasteiger partial charge in [-0.3, -0.25) is 14.9 Å². The maximum atomic E-state index is 11.8. The number of hydrogen-bond acceptors (Lipinski definition) is 6. The van der Waals surface area contributed by atoms with Crippen LogP contribution in [-0.2, 0) is 11.2 Å². The lowest BCUT2D eigenvalue weighted by Gasteiger charge is -2.14. The first-order chi connectivity index (χ1) is 16.6. The molecule has 2 amide bonds. The predicted octanol–water partition coefficient (Wildman–Crippen LogP) is 6.30. The fourth-order valence-electron chi connectivity index (χ4n) is 3.58. The summed E-state index contributed by atoms with van der Waals surface area (Å²) >= 11 is 0.995. The van der Waals surface area contributed by atoms with E-state index in [0.29, 0.717) is 25.4 Å². The van der Waals surface area contributed by atoms with Crippen molar-refractivity contribution in [3.8, 4) is 23.0 Å². The second-order valence-electron chi connectivity index (χ2n) is 7.83. The second kappa shape index (κ2) is 11.6. The van der Waals surface area contributed by atoms with Crippen molar-refractivity contribution in [2.75, 3.05) is 13.2 Å². The normalized spacial score (nSPS) is 15.1. The smallest absolute Gasteiger partial charge is 0.286 e. The molecule has 0 aromatic heterocycles. The van der Waals surface area contributed by atoms with Crippen LogP contribution >= 0.6 is 11.8 Å². The summed E-state index contributed by atoms with van der Waals surface area (Å²) in [5.74, 6) is 2.80. The van der Waals surface area contributed by atoms with E-state index in [9.17, 15) is 9.59 Å². The van der Waals surface area contributed by atoms with Crippen LogP contribution in [-0.4, -0.2) is 24.4 Å². The number of hydrogen-bond donors (Lipinski definition) is 1. The topological polar surface area (TPSA) is 73.9 Å². The molecule has 3 aromatic rings. The monoisotopic (exact) mass is 477 g/mol. The summed E-state index contributed by atoms with van der Waals surface area (Å²) in [6.45, 7) is 3.16. The number of aryl methyl sites for hydroxylation is 1. The molecule has 6 nitrogen and oxygen atoms in total. The number of ether oxygens (including phenoxy) is 3. The quantitative estimate of drug-likeness (QED) is 0.327. The molecule has 34 heavy (non-hydrogen) atoms. The summed E-state index contributed by atoms with van der Waals surface area (Å²) in [5.41, 5.74) is 1.94. The van der Waals surface area contributed by atoms with E-state index >= 15 is 0 Å². The largest absolute Gasteiger partial charge is 0.493 e. The molecule has 1 unspecified atom stereocenters. The first-order valence-electron chi connectivity index (χ1n) is 11.4. The molecular weight excluding hydrogens is 450 g/mol. The summed E-state index contributed by atoms with van der Waals surface area (Å²) in [6.07, 6.45) is 2.68. The molecule has 176 valence electrons. The molecule has 1 aliphatic heterocycles. The van der Waals surface area contributed by atoms with Crippen LogP contribution in [0.25, 0.3) is 0 Å². The molecule has 0 radical (unpaired) electrons. The van der Waals surface area contributed by atoms with Gasteiger partial charge in [0.25, 0.3) is 5.24 Å². The summed E-state index contributed by atoms with van der Waals surface area (Å²) in [6, 6.07) is 22.9. The van der Waals surface area contributed by atoms with Crippen molar-refractivity contribution in [1.82, 2.24) is 5.32 Å². The summed E-state index contributed by atoms with van der Waals surface area (Å²) < 4.78 is 17.8. The lowest BCUT2D eigenvalue weighted by molar-refractivity contribution is -0.119. The third kappa shape index (κ3) is 6.32. The number of benzene rings is 3. The Bertz CT molecular complexity index is 1120. The molecule has 1 fully saturated rings. The molecule has 0 saturated carbocycles. The van der Waals surface area contributed by atoms with Gasteiger partial charge in [-0.1, -0.05) is 49.7 Å². The zero-order valence-electron chi connectivity index (χ0n) is 19.0. The molecule has 3 aromatic carbocycles. The molecule has 1 saturated heterocycles. The fourth-order valence-corrected chi connectivity index (χ4v) is 4.41. The van der Waals surface area contributed by atoms with Gasteiger partial charge in [0.05, 0.1) is 13.2 Å². The van der Waals surface area contributed by atoms with E-state index in [0.717, 1.165) is 53.0 Å². The Morgan fingerprint density at radius 2 is 1.59 bits per heavy atom. The zero-order chi connectivity index (χ0) is 23.8. The van der Waals surface area contributed by atoms with Crippen molar-refractivity contribution in [3.05, 3.63) is 83.9 Å². The minimum absolute atomic E-state index is 0.276. The van der Waals surface area contributed by atoms with Crippen LogP contribution in [0.5, 0.6) is 23.0 Å². The van der Waals surface area contributed by atoms with Gasteiger partial charge in [0.2, 0.25) is 5.91 Å². The molecular formula is C27H27NO5S. The average Bonchev–Trinajstić information content (AvgIpc) is 3.19. The van der Waals surface area contributed by atoms with Gasteiger partial charge in [0, 0.05) is 12.5 Å². The highest BCUT2D eigenvalue weighted by molar-refractivity contribution is 8.15. The highest BCUT2D eigenvalue weighted by Gasteiger charge is 2.32. The van der Waals surface area contributed by atoms with E-state index in [2.05, 4.69) is 18.3 Å². The molecule has 1 atom stereocenters. The number of rotatable bonds is 11. The lowest BCUT2D eigenvalue weighted by Crippen LogP contribution is -2.20. The van der Waals surface area contributed by atoms with E-state index < -0.39 is 5.25 Å². The number of imide groups is 1. The van der Waals surface area contributed by atoms with E-state index in [-0.39, 0.29) is 11.1 Å². The van der Waals surface area contributed by atoms with Crippen molar-refractivity contribution in [3.63, 3.8) is 0 Å². The van der Waals surface area contributed by atoms with Gasteiger partial charge in [-0.25, -0.2) is 0 Å². The van der Waals surface area contributed by atoms with Crippen LogP contribution in [0.15, 0.2) is 72.8 Å². The molecule has 1 aliphatic rings. The Hall–Kier alpha value is -3.45. The van der Waals surface area contributed by atoms with E-state index in [4.69, 9.17) is 14.2 Å². The average molecular weight is 478 g/mol. The Morgan fingerprint density at radius 1 is 0.853 bits per heavy atom. The Morgan fingerprint density at radius 3 is 2.29 bits per heavy atom. The first-order valence-corrected chi connectivity index (χ1v) is 12.2. The van der Waals surface area contributed by atoms with Gasteiger partial charge < -0.3 is 14.2 Å². The highest BCUT2D eigenvalue weighted by atomic mass is 32.2. The fraction of sp³-hybridized carbons (Fsp3) is 0.259. The number of carbonyl (C=O) groups is 2. The SMILES string of the molecule is CCCc1ccc(Oc2ccccc2)cc1OCCCOc1ccc(C2SC(=O)NC2=O)cc1. The van der Waals surface area contributed by atoms with Gasteiger partial charge in [0.15, 0.2) is 0 Å². The molecule has 4 rings (SSSR count). The number of thioether (sulfide) groups is 1. The van der Waals surface area contributed by atoms with Crippen LogP contribution in [0.4, 0.5) is 4.79 Å². The number of para-hydroxylation sites is 1. The van der Waals surface area contributed by atoms with E-state index in [1.807, 2.05) is 66.7 Å². The molecule has 1 N–H and O–H groups in total. The minimum Gasteiger partial charge on any atom is -0.493 e. The Labute approximate surface area is 203 Å². The summed E-state index contributed by atoms with van der Waals surface area (Å²) in [4.78, 5) is 23.2. The summed E-state index contributed by atoms with van der Waals surface area (Å²) in [7, 11) is 0. The third-order valence-corrected chi connectivity index (χ3v) is 6.26. The van der Waals surface area contributed by atoms with Crippen molar-refractivity contribution in [2.24, 2.45) is 0 Å². The predicted molar refractivity (Wildman–Crippen MR) is 133 cm³/mol. The van der Waals surface area contributed by atoms with E-state index in [1.54, 1.807) is 0 Å². The second-order valence-corrected chi connectivity index (χ2v) is 8.91. The van der Waals surface area contributed by atoms with Crippen LogP contribution < -0.4 is 19.5 Å². The maximum Gasteiger partial charge on any atom is 0.286 e. The zero-order valence-corrected chi connectivity index (χ0v) is 19.8. The number of nitrogens with one attached hydrogen (secondary N) is 1. The van der Waals surface area contributed by atoms with Crippen molar-refractivity contribution >= 4 is 22.9 Å². The van der Waals surface area contributed by atoms with Gasteiger partial charge in [0.1, 0.15) is 28.2 Å². The van der Waals surface area contributed by atoms with Gasteiger partial charge >= 0.3 is 0 Å². The summed E-state index contributed by atoms with van der Waals surface area (Å²) in [5, 5.41) is 1.50. The number of amides is 2. The molecule has 0 aliphatic carbocycles. The molecule has 0 spiro atoms. The minimum atomic E-state index is -0.492. The molecule has 0 bridgehead atoms. The van der Waals surface area contributed by atoms with Crippen LogP contribution in [0.3, 0.4) is 0 Å². The highest BCUT2D eigenvalue weighted by Crippen LogP contribution is 2.35.